The molecule has 0 saturated carbocycles. The Morgan fingerprint density at radius 3 is 1.96 bits per heavy atom. The summed E-state index contributed by atoms with van der Waals surface area (Å²) in [6.45, 7) is 0.593. The number of carboxylic acid groups (broad SMARTS) is 1. The van der Waals surface area contributed by atoms with Gasteiger partial charge in [0.15, 0.2) is 5.78 Å². The van der Waals surface area contributed by atoms with Crippen LogP contribution in [-0.2, 0) is 4.79 Å². The van der Waals surface area contributed by atoms with Gasteiger partial charge in [0.25, 0.3) is 0 Å². The molecule has 1 unspecified atom stereocenters. The van der Waals surface area contributed by atoms with E-state index < -0.39 is 18.2 Å². The van der Waals surface area contributed by atoms with Crippen LogP contribution < -0.4 is 4.74 Å². The molecule has 0 aliphatic carbocycles. The van der Waals surface area contributed by atoms with E-state index in [1.165, 1.54) is 31.2 Å². The van der Waals surface area contributed by atoms with E-state index in [0.29, 0.717) is 16.1 Å². The minimum Gasteiger partial charge on any atom is -0.478 e. The van der Waals surface area contributed by atoms with Gasteiger partial charge in [0.2, 0.25) is 5.60 Å². The zero-order valence-electron chi connectivity index (χ0n) is 12.3. The van der Waals surface area contributed by atoms with Crippen molar-refractivity contribution in [1.29, 1.82) is 0 Å². The van der Waals surface area contributed by atoms with Crippen LogP contribution in [0.2, 0.25) is 5.02 Å². The van der Waals surface area contributed by atoms with Gasteiger partial charge in [0.05, 0.1) is 6.61 Å². The van der Waals surface area contributed by atoms with Gasteiger partial charge in [-0.15, -0.1) is 0 Å². The topological polar surface area (TPSA) is 83.8 Å². The fraction of sp³-hybridized carbons (Fsp3) is 0.176. The molecule has 0 aromatic heterocycles. The standard InChI is InChI=1S/C17H15ClO5/c1-17(10-19,16(21)22)23-14-8-4-12(5-9-14)15(20)11-2-6-13(18)7-3-11/h2-9,19H,10H2,1H3,(H,21,22). The molecule has 0 fully saturated rings. The number of carbonyl (C=O) groups excluding carboxylic acids is 1. The molecule has 2 N–H and O–H groups in total. The molecule has 6 heteroatoms. The van der Waals surface area contributed by atoms with Crippen LogP contribution in [0.25, 0.3) is 0 Å². The molecule has 2 aromatic rings. The first-order valence-corrected chi connectivity index (χ1v) is 7.17. The number of halogens is 1. The molecule has 0 aliphatic heterocycles. The van der Waals surface area contributed by atoms with Crippen LogP contribution in [0, 0.1) is 0 Å². The maximum atomic E-state index is 12.3. The quantitative estimate of drug-likeness (QED) is 0.794. The zero-order valence-corrected chi connectivity index (χ0v) is 13.1. The zero-order chi connectivity index (χ0) is 17.0. The van der Waals surface area contributed by atoms with E-state index in [0.717, 1.165) is 0 Å². The smallest absolute Gasteiger partial charge is 0.350 e. The van der Waals surface area contributed by atoms with Crippen LogP contribution in [0.3, 0.4) is 0 Å². The number of carboxylic acids is 1. The first-order chi connectivity index (χ1) is 10.9. The van der Waals surface area contributed by atoms with Crippen LogP contribution in [0.15, 0.2) is 48.5 Å². The van der Waals surface area contributed by atoms with Gasteiger partial charge in [0.1, 0.15) is 5.75 Å². The SMILES string of the molecule is CC(CO)(Oc1ccc(C(=O)c2ccc(Cl)cc2)cc1)C(=O)O. The Labute approximate surface area is 138 Å². The van der Waals surface area contributed by atoms with E-state index >= 15 is 0 Å². The highest BCUT2D eigenvalue weighted by molar-refractivity contribution is 6.30. The molecule has 2 aromatic carbocycles. The Bertz CT molecular complexity index is 709. The summed E-state index contributed by atoms with van der Waals surface area (Å²) < 4.78 is 5.29. The molecule has 0 aliphatic rings. The fourth-order valence-corrected chi connectivity index (χ4v) is 1.97. The normalized spacial score (nSPS) is 13.2. The van der Waals surface area contributed by atoms with Gasteiger partial charge >= 0.3 is 5.97 Å². The first-order valence-electron chi connectivity index (χ1n) is 6.79. The van der Waals surface area contributed by atoms with E-state index in [4.69, 9.17) is 26.6 Å². The van der Waals surface area contributed by atoms with Crippen molar-refractivity contribution in [3.8, 4) is 5.75 Å². The second kappa shape index (κ2) is 6.81. The lowest BCUT2D eigenvalue weighted by atomic mass is 10.0. The van der Waals surface area contributed by atoms with Crippen molar-refractivity contribution in [2.45, 2.75) is 12.5 Å². The molecule has 0 radical (unpaired) electrons. The molecule has 0 saturated heterocycles. The minimum absolute atomic E-state index is 0.184. The van der Waals surface area contributed by atoms with Gasteiger partial charge in [-0.05, 0) is 55.5 Å². The maximum Gasteiger partial charge on any atom is 0.350 e. The van der Waals surface area contributed by atoms with Crippen molar-refractivity contribution in [3.05, 3.63) is 64.7 Å². The Morgan fingerprint density at radius 2 is 1.52 bits per heavy atom. The molecule has 120 valence electrons. The van der Waals surface area contributed by atoms with Crippen LogP contribution >= 0.6 is 11.6 Å². The van der Waals surface area contributed by atoms with Gasteiger partial charge in [-0.1, -0.05) is 11.6 Å². The molecular weight excluding hydrogens is 320 g/mol. The highest BCUT2D eigenvalue weighted by Crippen LogP contribution is 2.21. The summed E-state index contributed by atoms with van der Waals surface area (Å²) in [7, 11) is 0. The van der Waals surface area contributed by atoms with Gasteiger partial charge in [-0.2, -0.15) is 0 Å². The molecule has 0 spiro atoms. The second-order valence-electron chi connectivity index (χ2n) is 5.16. The lowest BCUT2D eigenvalue weighted by molar-refractivity contribution is -0.157. The molecule has 0 heterocycles. The van der Waals surface area contributed by atoms with Crippen molar-refractivity contribution in [3.63, 3.8) is 0 Å². The Balaban J connectivity index is 2.17. The van der Waals surface area contributed by atoms with Gasteiger partial charge in [0, 0.05) is 16.1 Å². The fourth-order valence-electron chi connectivity index (χ4n) is 1.85. The summed E-state index contributed by atoms with van der Waals surface area (Å²) >= 11 is 5.79. The summed E-state index contributed by atoms with van der Waals surface area (Å²) in [6, 6.07) is 12.6. The number of rotatable bonds is 6. The number of carbonyl (C=O) groups is 2. The number of ketones is 1. The predicted molar refractivity (Wildman–Crippen MR) is 85.1 cm³/mol. The number of hydrogen-bond acceptors (Lipinski definition) is 4. The van der Waals surface area contributed by atoms with Crippen LogP contribution in [0.4, 0.5) is 0 Å². The van der Waals surface area contributed by atoms with Crippen molar-refractivity contribution in [2.24, 2.45) is 0 Å². The van der Waals surface area contributed by atoms with Crippen molar-refractivity contribution in [2.75, 3.05) is 6.61 Å². The maximum absolute atomic E-state index is 12.3. The molecular formula is C17H15ClO5. The number of aliphatic carboxylic acids is 1. The monoisotopic (exact) mass is 334 g/mol. The lowest BCUT2D eigenvalue weighted by Gasteiger charge is -2.23. The van der Waals surface area contributed by atoms with Crippen molar-refractivity contribution >= 4 is 23.4 Å². The molecule has 23 heavy (non-hydrogen) atoms. The van der Waals surface area contributed by atoms with E-state index in [1.807, 2.05) is 0 Å². The van der Waals surface area contributed by atoms with E-state index in [1.54, 1.807) is 24.3 Å². The lowest BCUT2D eigenvalue weighted by Crippen LogP contribution is -2.45. The summed E-state index contributed by atoms with van der Waals surface area (Å²) in [4.78, 5) is 23.4. The summed E-state index contributed by atoms with van der Waals surface area (Å²) in [5.41, 5.74) is -0.809. The second-order valence-corrected chi connectivity index (χ2v) is 5.59. The minimum atomic E-state index is -1.73. The van der Waals surface area contributed by atoms with E-state index in [2.05, 4.69) is 0 Å². The van der Waals surface area contributed by atoms with Crippen LogP contribution in [-0.4, -0.2) is 34.2 Å². The first kappa shape index (κ1) is 17.0. The van der Waals surface area contributed by atoms with Gasteiger partial charge in [-0.25, -0.2) is 4.79 Å². The third-order valence-electron chi connectivity index (χ3n) is 3.32. The van der Waals surface area contributed by atoms with E-state index in [-0.39, 0.29) is 11.5 Å². The third kappa shape index (κ3) is 3.88. The Kier molecular flexibility index (Phi) is 5.03. The Morgan fingerprint density at radius 1 is 1.04 bits per heavy atom. The van der Waals surface area contributed by atoms with Crippen LogP contribution in [0.1, 0.15) is 22.8 Å². The van der Waals surface area contributed by atoms with Gasteiger partial charge in [-0.3, -0.25) is 4.79 Å². The largest absolute Gasteiger partial charge is 0.478 e. The van der Waals surface area contributed by atoms with Gasteiger partial charge < -0.3 is 14.9 Å². The molecule has 0 amide bonds. The molecule has 0 bridgehead atoms. The Hall–Kier alpha value is -2.37. The average Bonchev–Trinajstić information content (AvgIpc) is 2.55. The number of aliphatic hydroxyl groups excluding tert-OH is 1. The summed E-state index contributed by atoms with van der Waals surface area (Å²) in [5.74, 6) is -1.21. The number of hydrogen-bond donors (Lipinski definition) is 2. The molecule has 5 nitrogen and oxygen atoms in total. The van der Waals surface area contributed by atoms with Crippen molar-refractivity contribution in [1.82, 2.24) is 0 Å². The summed E-state index contributed by atoms with van der Waals surface area (Å²) in [6.07, 6.45) is 0. The highest BCUT2D eigenvalue weighted by atomic mass is 35.5. The number of ether oxygens (including phenoxy) is 1. The average molecular weight is 335 g/mol. The molecule has 2 rings (SSSR count). The van der Waals surface area contributed by atoms with Crippen LogP contribution in [0.5, 0.6) is 5.75 Å². The third-order valence-corrected chi connectivity index (χ3v) is 3.57. The van der Waals surface area contributed by atoms with Crippen molar-refractivity contribution < 1.29 is 24.5 Å². The summed E-state index contributed by atoms with van der Waals surface area (Å²) in [5, 5.41) is 18.8. The predicted octanol–water partition coefficient (Wildman–Crippen LogP) is 2.79. The number of benzene rings is 2. The highest BCUT2D eigenvalue weighted by Gasteiger charge is 2.35. The number of aliphatic hydroxyl groups is 1. The molecule has 1 atom stereocenters. The van der Waals surface area contributed by atoms with E-state index in [9.17, 15) is 9.59 Å².